The summed E-state index contributed by atoms with van der Waals surface area (Å²) in [7, 11) is 2.13. The predicted octanol–water partition coefficient (Wildman–Crippen LogP) is 2.52. The second kappa shape index (κ2) is 8.66. The number of nitrogens with zero attached hydrogens (tertiary/aromatic N) is 1. The summed E-state index contributed by atoms with van der Waals surface area (Å²) in [6, 6.07) is 10.5. The van der Waals surface area contributed by atoms with Crippen LogP contribution in [0.1, 0.15) is 19.3 Å². The Kier molecular flexibility index (Phi) is 6.93. The van der Waals surface area contributed by atoms with Crippen LogP contribution in [0, 0.1) is 12.3 Å². The van der Waals surface area contributed by atoms with Gasteiger partial charge >= 0.3 is 0 Å². The smallest absolute Gasteiger partial charge is 0.0363 e. The van der Waals surface area contributed by atoms with Crippen LogP contribution in [0.4, 0.5) is 5.69 Å². The van der Waals surface area contributed by atoms with E-state index in [9.17, 15) is 0 Å². The Bertz CT molecular complexity index is 327. The van der Waals surface area contributed by atoms with Crippen molar-refractivity contribution >= 4 is 5.69 Å². The summed E-state index contributed by atoms with van der Waals surface area (Å²) in [5, 5.41) is 3.40. The summed E-state index contributed by atoms with van der Waals surface area (Å²) in [6.45, 7) is 3.16. The maximum Gasteiger partial charge on any atom is 0.0363 e. The van der Waals surface area contributed by atoms with Crippen LogP contribution in [0.2, 0.25) is 0 Å². The van der Waals surface area contributed by atoms with E-state index in [1.54, 1.807) is 0 Å². The molecule has 0 fully saturated rings. The lowest BCUT2D eigenvalue weighted by molar-refractivity contribution is 0.627. The van der Waals surface area contributed by atoms with Crippen molar-refractivity contribution in [2.24, 2.45) is 0 Å². The van der Waals surface area contributed by atoms with Gasteiger partial charge in [0.25, 0.3) is 0 Å². The van der Waals surface area contributed by atoms with Gasteiger partial charge in [0.2, 0.25) is 0 Å². The highest BCUT2D eigenvalue weighted by atomic mass is 15.1. The van der Waals surface area contributed by atoms with Crippen molar-refractivity contribution in [3.63, 3.8) is 0 Å². The molecule has 92 valence electrons. The van der Waals surface area contributed by atoms with Crippen LogP contribution in [0.5, 0.6) is 0 Å². The van der Waals surface area contributed by atoms with Crippen LogP contribution in [-0.4, -0.2) is 26.7 Å². The zero-order valence-corrected chi connectivity index (χ0v) is 10.7. The fourth-order valence-corrected chi connectivity index (χ4v) is 1.69. The SMILES string of the molecule is C#CCCCNCCCN(C)c1ccccc1. The molecule has 0 atom stereocenters. The van der Waals surface area contributed by atoms with Gasteiger partial charge in [0, 0.05) is 25.7 Å². The third kappa shape index (κ3) is 5.99. The van der Waals surface area contributed by atoms with E-state index in [4.69, 9.17) is 6.42 Å². The van der Waals surface area contributed by atoms with E-state index in [0.717, 1.165) is 38.9 Å². The molecule has 0 heterocycles. The zero-order valence-electron chi connectivity index (χ0n) is 10.7. The Morgan fingerprint density at radius 3 is 2.59 bits per heavy atom. The molecule has 17 heavy (non-hydrogen) atoms. The van der Waals surface area contributed by atoms with Crippen LogP contribution >= 0.6 is 0 Å². The van der Waals surface area contributed by atoms with Gasteiger partial charge in [-0.25, -0.2) is 0 Å². The van der Waals surface area contributed by atoms with Crippen LogP contribution < -0.4 is 10.2 Å². The molecule has 0 radical (unpaired) electrons. The van der Waals surface area contributed by atoms with Gasteiger partial charge in [0.05, 0.1) is 0 Å². The highest BCUT2D eigenvalue weighted by Crippen LogP contribution is 2.10. The highest BCUT2D eigenvalue weighted by Gasteiger charge is 1.98. The normalized spacial score (nSPS) is 9.88. The Morgan fingerprint density at radius 1 is 1.18 bits per heavy atom. The van der Waals surface area contributed by atoms with Gasteiger partial charge in [0.15, 0.2) is 0 Å². The van der Waals surface area contributed by atoms with Crippen molar-refractivity contribution in [3.05, 3.63) is 30.3 Å². The molecule has 0 bridgehead atoms. The Labute approximate surface area is 105 Å². The van der Waals surface area contributed by atoms with Crippen molar-refractivity contribution < 1.29 is 0 Å². The van der Waals surface area contributed by atoms with Crippen molar-refractivity contribution in [1.29, 1.82) is 0 Å². The van der Waals surface area contributed by atoms with E-state index in [0.29, 0.717) is 0 Å². The summed E-state index contributed by atoms with van der Waals surface area (Å²) < 4.78 is 0. The van der Waals surface area contributed by atoms with E-state index in [2.05, 4.69) is 47.5 Å². The monoisotopic (exact) mass is 230 g/mol. The Morgan fingerprint density at radius 2 is 1.88 bits per heavy atom. The van der Waals surface area contributed by atoms with E-state index in [1.807, 2.05) is 6.07 Å². The molecule has 2 heteroatoms. The number of anilines is 1. The number of rotatable bonds is 8. The first-order valence-corrected chi connectivity index (χ1v) is 6.25. The molecule has 0 aliphatic heterocycles. The largest absolute Gasteiger partial charge is 0.375 e. The van der Waals surface area contributed by atoms with Crippen LogP contribution in [-0.2, 0) is 0 Å². The number of hydrogen-bond donors (Lipinski definition) is 1. The number of terminal acetylenes is 1. The number of hydrogen-bond acceptors (Lipinski definition) is 2. The highest BCUT2D eigenvalue weighted by molar-refractivity contribution is 5.44. The quantitative estimate of drug-likeness (QED) is 0.545. The zero-order chi connectivity index (χ0) is 12.3. The van der Waals surface area contributed by atoms with Gasteiger partial charge in [-0.15, -0.1) is 12.3 Å². The fraction of sp³-hybridized carbons (Fsp3) is 0.467. The molecule has 0 aromatic heterocycles. The second-order valence-electron chi connectivity index (χ2n) is 4.17. The number of nitrogens with one attached hydrogen (secondary N) is 1. The molecule has 0 spiro atoms. The third-order valence-electron chi connectivity index (χ3n) is 2.72. The molecule has 1 rings (SSSR count). The predicted molar refractivity (Wildman–Crippen MR) is 75.3 cm³/mol. The standard InChI is InChI=1S/C15H22N2/c1-3-4-8-12-16-13-9-14-17(2)15-10-6-5-7-11-15/h1,5-7,10-11,16H,4,8-9,12-14H2,2H3. The molecule has 0 aliphatic carbocycles. The van der Waals surface area contributed by atoms with Gasteiger partial charge in [-0.2, -0.15) is 0 Å². The first-order chi connectivity index (χ1) is 8.34. The number of para-hydroxylation sites is 1. The lowest BCUT2D eigenvalue weighted by Crippen LogP contribution is -2.24. The molecule has 0 unspecified atom stereocenters. The van der Waals surface area contributed by atoms with Crippen LogP contribution in [0.25, 0.3) is 0 Å². The van der Waals surface area contributed by atoms with E-state index in [-0.39, 0.29) is 0 Å². The van der Waals surface area contributed by atoms with Crippen molar-refractivity contribution in [1.82, 2.24) is 5.32 Å². The average molecular weight is 230 g/mol. The number of benzene rings is 1. The summed E-state index contributed by atoms with van der Waals surface area (Å²) in [4.78, 5) is 2.28. The van der Waals surface area contributed by atoms with Gasteiger partial charge in [-0.1, -0.05) is 18.2 Å². The summed E-state index contributed by atoms with van der Waals surface area (Å²) in [6.07, 6.45) is 8.29. The molecular formula is C15H22N2. The van der Waals surface area contributed by atoms with E-state index in [1.165, 1.54) is 5.69 Å². The van der Waals surface area contributed by atoms with E-state index < -0.39 is 0 Å². The Balaban J connectivity index is 2.05. The average Bonchev–Trinajstić information content (AvgIpc) is 2.38. The van der Waals surface area contributed by atoms with Gasteiger partial charge < -0.3 is 10.2 Å². The van der Waals surface area contributed by atoms with Gasteiger partial charge in [-0.05, 0) is 38.1 Å². The second-order valence-corrected chi connectivity index (χ2v) is 4.17. The minimum Gasteiger partial charge on any atom is -0.375 e. The minimum atomic E-state index is 0.872. The van der Waals surface area contributed by atoms with Crippen LogP contribution in [0.3, 0.4) is 0 Å². The summed E-state index contributed by atoms with van der Waals surface area (Å²) in [5.74, 6) is 2.65. The van der Waals surface area contributed by atoms with Crippen molar-refractivity contribution in [3.8, 4) is 12.3 Å². The molecule has 2 nitrogen and oxygen atoms in total. The molecular weight excluding hydrogens is 208 g/mol. The third-order valence-corrected chi connectivity index (χ3v) is 2.72. The Hall–Kier alpha value is -1.46. The molecule has 1 N–H and O–H groups in total. The topological polar surface area (TPSA) is 15.3 Å². The summed E-state index contributed by atoms with van der Waals surface area (Å²) in [5.41, 5.74) is 1.28. The van der Waals surface area contributed by atoms with Crippen molar-refractivity contribution in [2.75, 3.05) is 31.6 Å². The molecule has 1 aromatic carbocycles. The lowest BCUT2D eigenvalue weighted by Gasteiger charge is -2.19. The first-order valence-electron chi connectivity index (χ1n) is 6.25. The maximum absolute atomic E-state index is 5.19. The lowest BCUT2D eigenvalue weighted by atomic mass is 10.3. The van der Waals surface area contributed by atoms with Crippen LogP contribution in [0.15, 0.2) is 30.3 Å². The number of unbranched alkanes of at least 4 members (excludes halogenated alkanes) is 1. The maximum atomic E-state index is 5.19. The molecule has 0 saturated carbocycles. The molecule has 1 aromatic rings. The molecule has 0 saturated heterocycles. The van der Waals surface area contributed by atoms with Gasteiger partial charge in [-0.3, -0.25) is 0 Å². The fourth-order valence-electron chi connectivity index (χ4n) is 1.69. The van der Waals surface area contributed by atoms with E-state index >= 15 is 0 Å². The first kappa shape index (κ1) is 13.6. The minimum absolute atomic E-state index is 0.872. The van der Waals surface area contributed by atoms with Gasteiger partial charge in [0.1, 0.15) is 0 Å². The van der Waals surface area contributed by atoms with Crippen molar-refractivity contribution in [2.45, 2.75) is 19.3 Å². The summed E-state index contributed by atoms with van der Waals surface area (Å²) >= 11 is 0. The molecule has 0 amide bonds. The molecule has 0 aliphatic rings.